The first-order valence-corrected chi connectivity index (χ1v) is 9.94. The van der Waals surface area contributed by atoms with Crippen molar-refractivity contribution in [1.29, 1.82) is 0 Å². The van der Waals surface area contributed by atoms with Gasteiger partial charge in [0.25, 0.3) is 0 Å². The van der Waals surface area contributed by atoms with E-state index in [1.165, 1.54) is 11.6 Å². The fourth-order valence-electron chi connectivity index (χ4n) is 3.98. The van der Waals surface area contributed by atoms with Crippen molar-refractivity contribution < 1.29 is 36.9 Å². The first-order valence-electron chi connectivity index (χ1n) is 9.94. The summed E-state index contributed by atoms with van der Waals surface area (Å²) in [5, 5.41) is 11.4. The van der Waals surface area contributed by atoms with Gasteiger partial charge in [-0.25, -0.2) is 14.2 Å². The van der Waals surface area contributed by atoms with Gasteiger partial charge in [0.2, 0.25) is 5.88 Å². The Labute approximate surface area is 181 Å². The summed E-state index contributed by atoms with van der Waals surface area (Å²) < 4.78 is 59.1. The molecule has 1 N–H and O–H groups in total. The number of carboxylic acid groups (broad SMARTS) is 1. The van der Waals surface area contributed by atoms with Gasteiger partial charge in [-0.05, 0) is 25.0 Å². The highest BCUT2D eigenvalue weighted by Gasteiger charge is 2.48. The van der Waals surface area contributed by atoms with Crippen molar-refractivity contribution in [3.63, 3.8) is 0 Å². The molecule has 0 bridgehead atoms. The molecule has 2 saturated heterocycles. The Morgan fingerprint density at radius 1 is 1.44 bits per heavy atom. The number of aromatic nitrogens is 3. The van der Waals surface area contributed by atoms with Gasteiger partial charge in [-0.15, -0.1) is 0 Å². The maximum Gasteiger partial charge on any atom is 0.490 e. The van der Waals surface area contributed by atoms with Crippen LogP contribution in [0.4, 0.5) is 17.6 Å². The van der Waals surface area contributed by atoms with Crippen LogP contribution in [0.2, 0.25) is 0 Å². The van der Waals surface area contributed by atoms with E-state index in [1.807, 2.05) is 24.1 Å². The monoisotopic (exact) mass is 460 g/mol. The highest BCUT2D eigenvalue weighted by atomic mass is 19.4. The molecule has 176 valence electrons. The lowest BCUT2D eigenvalue weighted by molar-refractivity contribution is -0.192. The number of likely N-dealkylation sites (tertiary alicyclic amines) is 1. The number of halogens is 4. The number of carboxylic acids is 1. The lowest BCUT2D eigenvalue weighted by Crippen LogP contribution is -2.52. The Bertz CT molecular complexity index is 923. The van der Waals surface area contributed by atoms with Crippen molar-refractivity contribution in [2.45, 2.75) is 31.7 Å². The van der Waals surface area contributed by atoms with E-state index in [0.29, 0.717) is 6.61 Å². The van der Waals surface area contributed by atoms with Gasteiger partial charge in [0.05, 0.1) is 18.9 Å². The molecule has 0 aliphatic carbocycles. The number of nitrogens with zero attached hydrogens (tertiary/aromatic N) is 4. The maximum atomic E-state index is 13.8. The number of carbonyl (C=O) groups is 1. The largest absolute Gasteiger partial charge is 0.490 e. The molecule has 0 unspecified atom stereocenters. The zero-order valence-corrected chi connectivity index (χ0v) is 17.4. The number of fused-ring (bicyclic) bond motifs is 1. The third kappa shape index (κ3) is 5.94. The summed E-state index contributed by atoms with van der Waals surface area (Å²) in [5.41, 5.74) is 1.09. The molecular formula is C20H24F4N4O4. The average Bonchev–Trinajstić information content (AvgIpc) is 3.33. The third-order valence-corrected chi connectivity index (χ3v) is 5.48. The van der Waals surface area contributed by atoms with E-state index < -0.39 is 18.0 Å². The summed E-state index contributed by atoms with van der Waals surface area (Å²) in [6.45, 7) is 3.88. The third-order valence-electron chi connectivity index (χ3n) is 5.48. The van der Waals surface area contributed by atoms with E-state index in [1.54, 1.807) is 12.3 Å². The Kier molecular flexibility index (Phi) is 7.34. The molecule has 8 nitrogen and oxygen atoms in total. The molecule has 0 spiro atoms. The fourth-order valence-corrected chi connectivity index (χ4v) is 3.98. The minimum Gasteiger partial charge on any atom is -0.475 e. The minimum atomic E-state index is -5.08. The van der Waals surface area contributed by atoms with Crippen molar-refractivity contribution in [2.24, 2.45) is 12.5 Å². The van der Waals surface area contributed by atoms with Crippen molar-refractivity contribution in [3.05, 3.63) is 42.1 Å². The molecule has 2 aromatic heterocycles. The SMILES string of the molecule is Cn1cc(CN2CC[C@H]3OCC[C@@]3(COc3ncccc3F)C2)cn1.O=C(O)C(F)(F)F. The molecule has 2 atom stereocenters. The summed E-state index contributed by atoms with van der Waals surface area (Å²) in [6, 6.07) is 2.94. The Balaban J connectivity index is 0.000000360. The van der Waals surface area contributed by atoms with Crippen LogP contribution < -0.4 is 4.74 Å². The highest BCUT2D eigenvalue weighted by Crippen LogP contribution is 2.41. The van der Waals surface area contributed by atoms with E-state index in [-0.39, 0.29) is 17.4 Å². The summed E-state index contributed by atoms with van der Waals surface area (Å²) in [6.07, 6.45) is 2.48. The van der Waals surface area contributed by atoms with Crippen molar-refractivity contribution >= 4 is 5.97 Å². The lowest BCUT2D eigenvalue weighted by Gasteiger charge is -2.43. The number of aryl methyl sites for hydroxylation is 1. The molecule has 2 aromatic rings. The number of aliphatic carboxylic acids is 1. The number of rotatable bonds is 5. The van der Waals surface area contributed by atoms with Crippen molar-refractivity contribution in [2.75, 3.05) is 26.3 Å². The second-order valence-electron chi connectivity index (χ2n) is 7.88. The van der Waals surface area contributed by atoms with Gasteiger partial charge in [-0.1, -0.05) is 0 Å². The number of ether oxygens (including phenoxy) is 2. The molecule has 4 heterocycles. The predicted molar refractivity (Wildman–Crippen MR) is 103 cm³/mol. The van der Waals surface area contributed by atoms with Crippen molar-refractivity contribution in [3.8, 4) is 5.88 Å². The first kappa shape index (κ1) is 23.9. The zero-order chi connectivity index (χ0) is 23.4. The van der Waals surface area contributed by atoms with Gasteiger partial charge >= 0.3 is 12.1 Å². The second kappa shape index (κ2) is 9.82. The van der Waals surface area contributed by atoms with Crippen LogP contribution >= 0.6 is 0 Å². The molecule has 2 fully saturated rings. The average molecular weight is 460 g/mol. The molecule has 0 saturated carbocycles. The van der Waals surface area contributed by atoms with E-state index in [4.69, 9.17) is 19.4 Å². The normalized spacial score (nSPS) is 23.2. The van der Waals surface area contributed by atoms with Gasteiger partial charge < -0.3 is 14.6 Å². The first-order chi connectivity index (χ1) is 15.1. The maximum absolute atomic E-state index is 13.8. The fraction of sp³-hybridized carbons (Fsp3) is 0.550. The molecule has 0 radical (unpaired) electrons. The second-order valence-corrected chi connectivity index (χ2v) is 7.88. The molecule has 4 rings (SSSR count). The molecule has 0 aromatic carbocycles. The zero-order valence-electron chi connectivity index (χ0n) is 17.4. The van der Waals surface area contributed by atoms with Crippen LogP contribution in [0, 0.1) is 11.2 Å². The summed E-state index contributed by atoms with van der Waals surface area (Å²) in [7, 11) is 1.93. The van der Waals surface area contributed by atoms with Crippen LogP contribution in [-0.2, 0) is 23.1 Å². The number of pyridine rings is 1. The van der Waals surface area contributed by atoms with Crippen LogP contribution in [0.1, 0.15) is 18.4 Å². The minimum absolute atomic E-state index is 0.0758. The van der Waals surface area contributed by atoms with Gasteiger partial charge in [0.1, 0.15) is 0 Å². The van der Waals surface area contributed by atoms with E-state index in [2.05, 4.69) is 15.0 Å². The highest BCUT2D eigenvalue weighted by molar-refractivity contribution is 5.73. The van der Waals surface area contributed by atoms with Gasteiger partial charge in [0.15, 0.2) is 5.82 Å². The molecule has 12 heteroatoms. The molecule has 2 aliphatic heterocycles. The Hall–Kier alpha value is -2.73. The predicted octanol–water partition coefficient (Wildman–Crippen LogP) is 2.65. The lowest BCUT2D eigenvalue weighted by atomic mass is 9.77. The van der Waals surface area contributed by atoms with Crippen LogP contribution in [0.25, 0.3) is 0 Å². The topological polar surface area (TPSA) is 89.7 Å². The van der Waals surface area contributed by atoms with E-state index >= 15 is 0 Å². The molecule has 32 heavy (non-hydrogen) atoms. The quantitative estimate of drug-likeness (QED) is 0.687. The van der Waals surface area contributed by atoms with Crippen LogP contribution in [0.15, 0.2) is 30.7 Å². The van der Waals surface area contributed by atoms with Gasteiger partial charge in [-0.2, -0.15) is 18.3 Å². The smallest absolute Gasteiger partial charge is 0.475 e. The van der Waals surface area contributed by atoms with Crippen molar-refractivity contribution in [1.82, 2.24) is 19.7 Å². The van der Waals surface area contributed by atoms with E-state index in [9.17, 15) is 17.6 Å². The van der Waals surface area contributed by atoms with E-state index in [0.717, 1.165) is 39.1 Å². The van der Waals surface area contributed by atoms with Crippen LogP contribution in [-0.4, -0.2) is 69.3 Å². The Morgan fingerprint density at radius 2 is 2.19 bits per heavy atom. The number of alkyl halides is 3. The standard InChI is InChI=1S/C18H23FN4O2.C2HF3O2/c1-22-10-14(9-21-22)11-23-7-4-16-18(12-23,5-8-24-16)13-25-17-15(19)3-2-6-20-17;3-2(4,5)1(6)7/h2-3,6,9-10,16H,4-5,7-8,11-13H2,1H3;(H,6,7)/t16-,18+;/m1./s1. The number of piperidine rings is 1. The van der Waals surface area contributed by atoms with Crippen LogP contribution in [0.5, 0.6) is 5.88 Å². The molecular weight excluding hydrogens is 436 g/mol. The molecule has 2 aliphatic rings. The summed E-state index contributed by atoms with van der Waals surface area (Å²) in [4.78, 5) is 15.3. The van der Waals surface area contributed by atoms with Gasteiger partial charge in [-0.3, -0.25) is 9.58 Å². The van der Waals surface area contributed by atoms with Crippen LogP contribution in [0.3, 0.4) is 0 Å². The number of hydrogen-bond donors (Lipinski definition) is 1. The molecule has 0 amide bonds. The van der Waals surface area contributed by atoms with Gasteiger partial charge in [0, 0.05) is 56.7 Å². The summed E-state index contributed by atoms with van der Waals surface area (Å²) >= 11 is 0. The summed E-state index contributed by atoms with van der Waals surface area (Å²) in [5.74, 6) is -3.10. The Morgan fingerprint density at radius 3 is 2.81 bits per heavy atom. The number of hydrogen-bond acceptors (Lipinski definition) is 6.